The van der Waals surface area contributed by atoms with Gasteiger partial charge in [0.05, 0.1) is 18.6 Å². The molecule has 0 atom stereocenters. The Balaban J connectivity index is 1.34. The molecule has 0 bridgehead atoms. The van der Waals surface area contributed by atoms with Crippen LogP contribution in [0, 0.1) is 0 Å². The van der Waals surface area contributed by atoms with Crippen LogP contribution < -0.4 is 4.74 Å². The number of ether oxygens (including phenoxy) is 1. The maximum atomic E-state index is 12.9. The van der Waals surface area contributed by atoms with Gasteiger partial charge in [-0.05, 0) is 61.4 Å². The highest BCUT2D eigenvalue weighted by Gasteiger charge is 2.26. The lowest BCUT2D eigenvalue weighted by atomic mass is 10.0. The Morgan fingerprint density at radius 3 is 2.10 bits per heavy atom. The molecule has 202 valence electrons. The Morgan fingerprint density at radius 1 is 0.718 bits per heavy atom. The number of carboxylic acids is 2. The van der Waals surface area contributed by atoms with E-state index < -0.39 is 17.7 Å². The van der Waals surface area contributed by atoms with Crippen LogP contribution in [0.3, 0.4) is 0 Å². The highest BCUT2D eigenvalue weighted by atomic mass is 16.5. The highest BCUT2D eigenvalue weighted by molar-refractivity contribution is 6.15. The Labute approximate surface area is 227 Å². The first-order valence-corrected chi connectivity index (χ1v) is 13.3. The van der Waals surface area contributed by atoms with E-state index in [0.717, 1.165) is 37.0 Å². The van der Waals surface area contributed by atoms with Gasteiger partial charge in [-0.3, -0.25) is 9.59 Å². The van der Waals surface area contributed by atoms with Gasteiger partial charge < -0.3 is 19.5 Å². The topological polar surface area (TPSA) is 106 Å². The molecule has 0 saturated carbocycles. The van der Waals surface area contributed by atoms with Crippen LogP contribution in [-0.4, -0.2) is 39.1 Å². The molecule has 3 aromatic carbocycles. The van der Waals surface area contributed by atoms with Crippen molar-refractivity contribution in [2.24, 2.45) is 0 Å². The fourth-order valence-electron chi connectivity index (χ4n) is 4.85. The van der Waals surface area contributed by atoms with Gasteiger partial charge in [-0.25, -0.2) is 4.79 Å². The predicted molar refractivity (Wildman–Crippen MR) is 150 cm³/mol. The normalized spacial score (nSPS) is 11.0. The second kappa shape index (κ2) is 13.4. The van der Waals surface area contributed by atoms with Gasteiger partial charge in [-0.15, -0.1) is 0 Å². The van der Waals surface area contributed by atoms with E-state index in [9.17, 15) is 19.5 Å². The number of carbonyl (C=O) groups is 3. The molecule has 0 unspecified atom stereocenters. The Kier molecular flexibility index (Phi) is 9.51. The van der Waals surface area contributed by atoms with Gasteiger partial charge in [0, 0.05) is 23.9 Å². The van der Waals surface area contributed by atoms with E-state index in [4.69, 9.17) is 9.84 Å². The number of aromatic carboxylic acids is 1. The summed E-state index contributed by atoms with van der Waals surface area (Å²) in [5.74, 6) is -1.94. The smallest absolute Gasteiger partial charge is 0.353 e. The SMILES string of the molecule is O=C(O)CCC(=O)c1c(C(=O)O)n(CCCc2ccc(OCCCCc3ccccc3)cc2)c2ccccc12. The van der Waals surface area contributed by atoms with Crippen molar-refractivity contribution in [1.29, 1.82) is 0 Å². The molecule has 2 N–H and O–H groups in total. The van der Waals surface area contributed by atoms with Crippen molar-refractivity contribution < 1.29 is 29.3 Å². The summed E-state index contributed by atoms with van der Waals surface area (Å²) in [7, 11) is 0. The number of ketones is 1. The van der Waals surface area contributed by atoms with Crippen molar-refractivity contribution in [1.82, 2.24) is 4.57 Å². The third kappa shape index (κ3) is 7.35. The number of hydrogen-bond acceptors (Lipinski definition) is 4. The summed E-state index contributed by atoms with van der Waals surface area (Å²) in [6, 6.07) is 25.4. The molecular formula is C32H33NO6. The lowest BCUT2D eigenvalue weighted by Gasteiger charge is -2.10. The first-order chi connectivity index (χ1) is 18.9. The third-order valence-corrected chi connectivity index (χ3v) is 6.76. The Hall–Kier alpha value is -4.39. The fraction of sp³-hybridized carbons (Fsp3) is 0.281. The van der Waals surface area contributed by atoms with Crippen LogP contribution in [0.25, 0.3) is 10.9 Å². The maximum Gasteiger partial charge on any atom is 0.353 e. The molecule has 0 radical (unpaired) electrons. The van der Waals surface area contributed by atoms with Crippen LogP contribution in [0.1, 0.15) is 64.1 Å². The van der Waals surface area contributed by atoms with Gasteiger partial charge in [0.25, 0.3) is 0 Å². The molecule has 39 heavy (non-hydrogen) atoms. The number of rotatable bonds is 15. The van der Waals surface area contributed by atoms with E-state index >= 15 is 0 Å². The summed E-state index contributed by atoms with van der Waals surface area (Å²) in [5, 5.41) is 19.5. The second-order valence-corrected chi connectivity index (χ2v) is 9.55. The summed E-state index contributed by atoms with van der Waals surface area (Å²) in [4.78, 5) is 36.0. The van der Waals surface area contributed by atoms with E-state index in [2.05, 4.69) is 24.3 Å². The van der Waals surface area contributed by atoms with Gasteiger partial charge >= 0.3 is 11.9 Å². The molecule has 4 rings (SSSR count). The number of para-hydroxylation sites is 1. The van der Waals surface area contributed by atoms with Crippen molar-refractivity contribution >= 4 is 28.6 Å². The van der Waals surface area contributed by atoms with Crippen LogP contribution >= 0.6 is 0 Å². The predicted octanol–water partition coefficient (Wildman–Crippen LogP) is 6.42. The zero-order valence-corrected chi connectivity index (χ0v) is 21.8. The first-order valence-electron chi connectivity index (χ1n) is 13.3. The molecule has 4 aromatic rings. The fourth-order valence-corrected chi connectivity index (χ4v) is 4.85. The standard InChI is InChI=1S/C32H33NO6/c34-28(19-20-29(35)36)30-26-13-4-5-14-27(26)33(31(30)32(37)38)21-8-12-24-15-17-25(18-16-24)39-22-7-6-11-23-9-2-1-3-10-23/h1-5,9-10,13-18H,6-8,11-12,19-22H2,(H,35,36)(H,37,38). The van der Waals surface area contributed by atoms with E-state index in [-0.39, 0.29) is 24.1 Å². The highest BCUT2D eigenvalue weighted by Crippen LogP contribution is 2.29. The quantitative estimate of drug-likeness (QED) is 0.136. The summed E-state index contributed by atoms with van der Waals surface area (Å²) in [6.45, 7) is 1.08. The number of aromatic nitrogens is 1. The molecule has 0 aliphatic carbocycles. The summed E-state index contributed by atoms with van der Waals surface area (Å²) in [5.41, 5.74) is 3.11. The largest absolute Gasteiger partial charge is 0.494 e. The Morgan fingerprint density at radius 2 is 1.38 bits per heavy atom. The first kappa shape index (κ1) is 27.6. The van der Waals surface area contributed by atoms with Gasteiger partial charge in [-0.1, -0.05) is 60.7 Å². The summed E-state index contributed by atoms with van der Waals surface area (Å²) in [6.07, 6.45) is 3.90. The van der Waals surface area contributed by atoms with Crippen LogP contribution in [-0.2, 0) is 24.2 Å². The molecule has 7 nitrogen and oxygen atoms in total. The molecular weight excluding hydrogens is 494 g/mol. The lowest BCUT2D eigenvalue weighted by Crippen LogP contribution is -2.14. The number of aliphatic carboxylic acids is 1. The summed E-state index contributed by atoms with van der Waals surface area (Å²) < 4.78 is 7.55. The number of Topliss-reactive ketones (excluding diaryl/α,β-unsaturated/α-hetero) is 1. The number of benzene rings is 3. The number of carboxylic acid groups (broad SMARTS) is 2. The van der Waals surface area contributed by atoms with Crippen LogP contribution in [0.2, 0.25) is 0 Å². The van der Waals surface area contributed by atoms with Crippen molar-refractivity contribution in [3.8, 4) is 5.75 Å². The van der Waals surface area contributed by atoms with Gasteiger partial charge in [0.2, 0.25) is 0 Å². The minimum Gasteiger partial charge on any atom is -0.494 e. The number of fused-ring (bicyclic) bond motifs is 1. The van der Waals surface area contributed by atoms with Gasteiger partial charge in [0.1, 0.15) is 11.4 Å². The van der Waals surface area contributed by atoms with Crippen LogP contribution in [0.15, 0.2) is 78.9 Å². The molecule has 0 aliphatic rings. The van der Waals surface area contributed by atoms with Crippen molar-refractivity contribution in [2.75, 3.05) is 6.61 Å². The zero-order chi connectivity index (χ0) is 27.6. The molecule has 1 heterocycles. The monoisotopic (exact) mass is 527 g/mol. The van der Waals surface area contributed by atoms with Crippen molar-refractivity contribution in [2.45, 2.75) is 51.5 Å². The number of aryl methyl sites for hydroxylation is 3. The lowest BCUT2D eigenvalue weighted by molar-refractivity contribution is -0.136. The van der Waals surface area contributed by atoms with E-state index in [1.54, 1.807) is 28.8 Å². The van der Waals surface area contributed by atoms with Gasteiger partial charge in [0.15, 0.2) is 5.78 Å². The average Bonchev–Trinajstić information content (AvgIpc) is 3.27. The molecule has 0 saturated heterocycles. The number of nitrogens with zero attached hydrogens (tertiary/aromatic N) is 1. The maximum absolute atomic E-state index is 12.9. The zero-order valence-electron chi connectivity index (χ0n) is 21.8. The number of hydrogen-bond donors (Lipinski definition) is 2. The van der Waals surface area contributed by atoms with E-state index in [0.29, 0.717) is 30.5 Å². The van der Waals surface area contributed by atoms with E-state index in [1.165, 1.54) is 5.56 Å². The molecule has 0 spiro atoms. The molecule has 0 amide bonds. The van der Waals surface area contributed by atoms with Crippen molar-refractivity contribution in [3.05, 3.63) is 101 Å². The average molecular weight is 528 g/mol. The minimum atomic E-state index is -1.20. The number of carbonyl (C=O) groups excluding carboxylic acids is 1. The molecule has 1 aromatic heterocycles. The van der Waals surface area contributed by atoms with E-state index in [1.807, 2.05) is 30.3 Å². The second-order valence-electron chi connectivity index (χ2n) is 9.55. The number of unbranched alkanes of at least 4 members (excludes halogenated alkanes) is 1. The van der Waals surface area contributed by atoms with Crippen LogP contribution in [0.4, 0.5) is 0 Å². The minimum absolute atomic E-state index is 0.0809. The summed E-state index contributed by atoms with van der Waals surface area (Å²) >= 11 is 0. The molecule has 0 aliphatic heterocycles. The van der Waals surface area contributed by atoms with Crippen LogP contribution in [0.5, 0.6) is 5.75 Å². The molecule has 0 fully saturated rings. The third-order valence-electron chi connectivity index (χ3n) is 6.76. The molecule has 7 heteroatoms. The van der Waals surface area contributed by atoms with Crippen molar-refractivity contribution in [3.63, 3.8) is 0 Å². The Bertz CT molecular complexity index is 1420. The van der Waals surface area contributed by atoms with Gasteiger partial charge in [-0.2, -0.15) is 0 Å².